The summed E-state index contributed by atoms with van der Waals surface area (Å²) in [4.78, 5) is 25.7. The van der Waals surface area contributed by atoms with Gasteiger partial charge in [-0.3, -0.25) is 9.59 Å². The molecule has 0 radical (unpaired) electrons. The minimum atomic E-state index is -1.51. The van der Waals surface area contributed by atoms with E-state index in [-0.39, 0.29) is 41.3 Å². The third-order valence-corrected chi connectivity index (χ3v) is 10.6. The lowest BCUT2D eigenvalue weighted by molar-refractivity contribution is -0.181. The highest BCUT2D eigenvalue weighted by atomic mass is 16.5. The number of ketones is 2. The van der Waals surface area contributed by atoms with Gasteiger partial charge in [0, 0.05) is 11.8 Å². The maximum atomic E-state index is 13.6. The highest BCUT2D eigenvalue weighted by Crippen LogP contribution is 2.67. The molecule has 5 nitrogen and oxygen atoms in total. The van der Waals surface area contributed by atoms with Gasteiger partial charge in [-0.15, -0.1) is 0 Å². The van der Waals surface area contributed by atoms with Gasteiger partial charge in [0.15, 0.2) is 5.78 Å². The van der Waals surface area contributed by atoms with Crippen LogP contribution in [0.3, 0.4) is 0 Å². The van der Waals surface area contributed by atoms with Gasteiger partial charge in [0.2, 0.25) is 5.78 Å². The molecule has 0 bridgehead atoms. The normalized spacial score (nSPS) is 39.7. The van der Waals surface area contributed by atoms with Crippen LogP contribution in [0.2, 0.25) is 0 Å². The molecule has 0 aromatic heterocycles. The first-order chi connectivity index (χ1) is 17.2. The first kappa shape index (κ1) is 23.9. The van der Waals surface area contributed by atoms with Crippen molar-refractivity contribution in [1.82, 2.24) is 0 Å². The fraction of sp³-hybridized carbons (Fsp3) is 0.548. The van der Waals surface area contributed by atoms with Crippen LogP contribution >= 0.6 is 0 Å². The Kier molecular flexibility index (Phi) is 5.47. The zero-order chi connectivity index (χ0) is 25.3. The molecule has 5 unspecified atom stereocenters. The molecule has 0 amide bonds. The van der Waals surface area contributed by atoms with E-state index in [4.69, 9.17) is 4.74 Å². The van der Waals surface area contributed by atoms with Crippen LogP contribution in [0.25, 0.3) is 10.8 Å². The number of allylic oxidation sites excluding steroid dienone is 1. The summed E-state index contributed by atoms with van der Waals surface area (Å²) in [7, 11) is 0. The van der Waals surface area contributed by atoms with E-state index in [0.717, 1.165) is 36.5 Å². The average Bonchev–Trinajstić information content (AvgIpc) is 3.13. The molecular formula is C31H36O5. The average molecular weight is 489 g/mol. The third kappa shape index (κ3) is 3.35. The van der Waals surface area contributed by atoms with E-state index in [1.807, 2.05) is 55.5 Å². The van der Waals surface area contributed by atoms with Gasteiger partial charge < -0.3 is 14.9 Å². The molecule has 0 heterocycles. The molecule has 6 rings (SSSR count). The van der Waals surface area contributed by atoms with Crippen molar-refractivity contribution in [3.8, 4) is 5.75 Å². The minimum absolute atomic E-state index is 0.0648. The Labute approximate surface area is 212 Å². The molecule has 2 N–H and O–H groups in total. The van der Waals surface area contributed by atoms with Crippen molar-refractivity contribution in [3.05, 3.63) is 54.1 Å². The molecule has 0 spiro atoms. The predicted octanol–water partition coefficient (Wildman–Crippen LogP) is 5.02. The summed E-state index contributed by atoms with van der Waals surface area (Å²) in [6, 6.07) is 13.7. The molecule has 3 fully saturated rings. The van der Waals surface area contributed by atoms with Gasteiger partial charge in [-0.05, 0) is 90.7 Å². The van der Waals surface area contributed by atoms with Gasteiger partial charge in [-0.2, -0.15) is 0 Å². The zero-order valence-corrected chi connectivity index (χ0v) is 21.2. The number of aliphatic hydroxyl groups excluding tert-OH is 1. The minimum Gasteiger partial charge on any atom is -0.486 e. The number of hydrogen-bond acceptors (Lipinski definition) is 5. The standard InChI is InChI=1S/C31H36O5/c1-29-13-11-22(32)16-21(29)8-10-24-25-12-14-31(35,30(25,2)17-26(33)28(24)29)27(34)18-36-23-9-7-19-5-3-4-6-20(19)15-23/h3-7,9,15-16,24-26,28,33,35H,8,10-14,17-18H2,1-2H3/t24?,25?,26-,28?,29?,30?,31-/m0/s1. The topological polar surface area (TPSA) is 83.8 Å². The van der Waals surface area contributed by atoms with E-state index in [0.29, 0.717) is 25.0 Å². The van der Waals surface area contributed by atoms with E-state index in [2.05, 4.69) is 6.92 Å². The number of fused-ring (bicyclic) bond motifs is 6. The lowest BCUT2D eigenvalue weighted by atomic mass is 9.45. The Morgan fingerprint density at radius 2 is 1.83 bits per heavy atom. The Hall–Kier alpha value is -2.50. The molecule has 4 aliphatic carbocycles. The molecule has 7 atom stereocenters. The second kappa shape index (κ2) is 8.26. The van der Waals surface area contributed by atoms with Crippen molar-refractivity contribution in [1.29, 1.82) is 0 Å². The number of Topliss-reactive ketones (excluding diaryl/α,β-unsaturated/α-hetero) is 1. The number of carbonyl (C=O) groups is 2. The number of benzene rings is 2. The summed E-state index contributed by atoms with van der Waals surface area (Å²) in [6.45, 7) is 4.04. The van der Waals surface area contributed by atoms with E-state index in [9.17, 15) is 19.8 Å². The molecule has 36 heavy (non-hydrogen) atoms. The Morgan fingerprint density at radius 3 is 2.64 bits per heavy atom. The van der Waals surface area contributed by atoms with Gasteiger partial charge in [-0.25, -0.2) is 0 Å². The molecule has 2 aromatic rings. The highest BCUT2D eigenvalue weighted by molar-refractivity contribution is 5.92. The number of aliphatic hydroxyl groups is 2. The molecule has 5 heteroatoms. The first-order valence-corrected chi connectivity index (χ1v) is 13.4. The van der Waals surface area contributed by atoms with Crippen molar-refractivity contribution in [3.63, 3.8) is 0 Å². The lowest BCUT2D eigenvalue weighted by Gasteiger charge is -2.60. The quantitative estimate of drug-likeness (QED) is 0.631. The van der Waals surface area contributed by atoms with Gasteiger partial charge in [0.05, 0.1) is 6.10 Å². The van der Waals surface area contributed by atoms with Crippen LogP contribution in [-0.2, 0) is 9.59 Å². The van der Waals surface area contributed by atoms with E-state index in [1.165, 1.54) is 5.57 Å². The van der Waals surface area contributed by atoms with Crippen molar-refractivity contribution in [2.24, 2.45) is 28.6 Å². The molecule has 3 saturated carbocycles. The van der Waals surface area contributed by atoms with E-state index < -0.39 is 17.1 Å². The highest BCUT2D eigenvalue weighted by Gasteiger charge is 2.68. The van der Waals surface area contributed by atoms with Crippen LogP contribution in [0.4, 0.5) is 0 Å². The molecule has 0 aliphatic heterocycles. The zero-order valence-electron chi connectivity index (χ0n) is 21.2. The maximum Gasteiger partial charge on any atom is 0.202 e. The van der Waals surface area contributed by atoms with Gasteiger partial charge in [0.25, 0.3) is 0 Å². The molecule has 2 aromatic carbocycles. The van der Waals surface area contributed by atoms with Gasteiger partial charge >= 0.3 is 0 Å². The van der Waals surface area contributed by atoms with Crippen LogP contribution in [-0.4, -0.2) is 40.1 Å². The van der Waals surface area contributed by atoms with Gasteiger partial charge in [0.1, 0.15) is 18.0 Å². The summed E-state index contributed by atoms with van der Waals surface area (Å²) in [5, 5.41) is 25.6. The lowest BCUT2D eigenvalue weighted by Crippen LogP contribution is -2.62. The summed E-state index contributed by atoms with van der Waals surface area (Å²) in [5.74, 6) is 0.977. The predicted molar refractivity (Wildman–Crippen MR) is 137 cm³/mol. The van der Waals surface area contributed by atoms with Crippen LogP contribution in [0.5, 0.6) is 5.75 Å². The number of carbonyl (C=O) groups excluding carboxylic acids is 2. The number of hydrogen-bond donors (Lipinski definition) is 2. The Bertz CT molecular complexity index is 1260. The SMILES string of the molecule is CC12CCC(=O)C=C1CCC1C2[C@@H](O)CC2(C)C1CC[C@]2(O)C(=O)COc1ccc2ccccc2c1. The van der Waals surface area contributed by atoms with Crippen molar-refractivity contribution in [2.45, 2.75) is 70.5 Å². The van der Waals surface area contributed by atoms with Crippen LogP contribution < -0.4 is 4.74 Å². The second-order valence-corrected chi connectivity index (χ2v) is 12.2. The third-order valence-electron chi connectivity index (χ3n) is 10.6. The summed E-state index contributed by atoms with van der Waals surface area (Å²) >= 11 is 0. The van der Waals surface area contributed by atoms with E-state index in [1.54, 1.807) is 0 Å². The van der Waals surface area contributed by atoms with Crippen molar-refractivity contribution < 1.29 is 24.5 Å². The molecule has 190 valence electrons. The Balaban J connectivity index is 1.23. The van der Waals surface area contributed by atoms with Crippen LogP contribution in [0, 0.1) is 28.6 Å². The smallest absolute Gasteiger partial charge is 0.202 e. The molecular weight excluding hydrogens is 452 g/mol. The number of ether oxygens (including phenoxy) is 1. The van der Waals surface area contributed by atoms with Crippen molar-refractivity contribution >= 4 is 22.3 Å². The fourth-order valence-electron chi connectivity index (χ4n) is 8.68. The summed E-state index contributed by atoms with van der Waals surface area (Å²) in [6.07, 6.45) is 5.87. The monoisotopic (exact) mass is 488 g/mol. The largest absolute Gasteiger partial charge is 0.486 e. The molecule has 0 saturated heterocycles. The first-order valence-electron chi connectivity index (χ1n) is 13.4. The van der Waals surface area contributed by atoms with Crippen LogP contribution in [0.1, 0.15) is 58.8 Å². The van der Waals surface area contributed by atoms with E-state index >= 15 is 0 Å². The summed E-state index contributed by atoms with van der Waals surface area (Å²) in [5.41, 5.74) is -1.20. The Morgan fingerprint density at radius 1 is 1.06 bits per heavy atom. The van der Waals surface area contributed by atoms with Crippen molar-refractivity contribution in [2.75, 3.05) is 6.61 Å². The summed E-state index contributed by atoms with van der Waals surface area (Å²) < 4.78 is 5.90. The molecule has 4 aliphatic rings. The maximum absolute atomic E-state index is 13.6. The van der Waals surface area contributed by atoms with Gasteiger partial charge in [-0.1, -0.05) is 49.8 Å². The second-order valence-electron chi connectivity index (χ2n) is 12.2. The van der Waals surface area contributed by atoms with Crippen LogP contribution in [0.15, 0.2) is 54.1 Å². The number of rotatable bonds is 4. The fourth-order valence-corrected chi connectivity index (χ4v) is 8.68.